The van der Waals surface area contributed by atoms with Crippen molar-refractivity contribution in [1.29, 1.82) is 0 Å². The average molecular weight is 632 g/mol. The minimum absolute atomic E-state index is 0.00171. The molecule has 1 saturated heterocycles. The molecule has 1 aliphatic rings. The molecule has 0 unspecified atom stereocenters. The van der Waals surface area contributed by atoms with Crippen LogP contribution in [-0.4, -0.2) is 84.0 Å². The summed E-state index contributed by atoms with van der Waals surface area (Å²) in [7, 11) is 5.35. The number of aryl methyl sites for hydroxylation is 1. The van der Waals surface area contributed by atoms with E-state index in [2.05, 4.69) is 33.0 Å². The number of benzene rings is 2. The van der Waals surface area contributed by atoms with Gasteiger partial charge in [0.05, 0.1) is 60.0 Å². The van der Waals surface area contributed by atoms with Crippen LogP contribution in [0.5, 0.6) is 11.6 Å². The van der Waals surface area contributed by atoms with Crippen LogP contribution in [0.3, 0.4) is 0 Å². The van der Waals surface area contributed by atoms with E-state index in [0.717, 1.165) is 62.7 Å². The molecule has 1 N–H and O–H groups in total. The van der Waals surface area contributed by atoms with Crippen LogP contribution in [0.2, 0.25) is 0 Å². The second kappa shape index (κ2) is 12.8. The number of pyridine rings is 1. The van der Waals surface area contributed by atoms with E-state index < -0.39 is 0 Å². The molecular weight excluding hydrogens is 594 g/mol. The first kappa shape index (κ1) is 30.3. The van der Waals surface area contributed by atoms with Crippen LogP contribution in [0.1, 0.15) is 36.2 Å². The van der Waals surface area contributed by atoms with Crippen LogP contribution in [0.25, 0.3) is 33.2 Å². The van der Waals surface area contributed by atoms with Crippen LogP contribution in [0.15, 0.2) is 73.3 Å². The van der Waals surface area contributed by atoms with Crippen molar-refractivity contribution in [3.63, 3.8) is 0 Å². The number of imidazole rings is 2. The third-order valence-electron chi connectivity index (χ3n) is 9.07. The number of H-pyrrole nitrogens is 1. The van der Waals surface area contributed by atoms with Gasteiger partial charge in [-0.25, -0.2) is 15.0 Å². The first-order valence-corrected chi connectivity index (χ1v) is 15.7. The lowest BCUT2D eigenvalue weighted by molar-refractivity contribution is -0.137. The molecule has 7 rings (SSSR count). The van der Waals surface area contributed by atoms with Crippen molar-refractivity contribution < 1.29 is 14.3 Å². The maximum atomic E-state index is 14.2. The topological polar surface area (TPSA) is 127 Å². The van der Waals surface area contributed by atoms with Crippen LogP contribution >= 0.6 is 0 Å². The number of likely N-dealkylation sites (tertiary alicyclic amines) is 1. The summed E-state index contributed by atoms with van der Waals surface area (Å²) in [5.41, 5.74) is 5.03. The number of aromatic amines is 1. The van der Waals surface area contributed by atoms with Gasteiger partial charge in [-0.15, -0.1) is 0 Å². The largest absolute Gasteiger partial charge is 0.497 e. The van der Waals surface area contributed by atoms with Crippen LogP contribution < -0.4 is 9.47 Å². The van der Waals surface area contributed by atoms with Crippen molar-refractivity contribution >= 4 is 27.8 Å². The van der Waals surface area contributed by atoms with Gasteiger partial charge in [-0.2, -0.15) is 0 Å². The number of nitrogens with zero attached hydrogens (tertiary/aromatic N) is 8. The zero-order valence-corrected chi connectivity index (χ0v) is 26.9. The van der Waals surface area contributed by atoms with Crippen molar-refractivity contribution in [1.82, 2.24) is 44.3 Å². The first-order chi connectivity index (χ1) is 22.9. The standard InChI is InChI=1S/C35H37N9O3/c1-22-39-29-10-9-26(46-3)17-31(29)44(22)21-33(45)43-14-11-25(42(2)20-24-18-36-12-13-37-24)16-32(43)34-38-19-30(40-34)27-15-23-7-5-6-8-28(23)41-35(27)47-4/h5-10,12-13,15,17-19,25,32H,11,14,16,20-21H2,1-4H3,(H,38,40)/t25-,32-/m0/s1. The number of hydrogen-bond donors (Lipinski definition) is 1. The molecule has 2 atom stereocenters. The molecule has 0 spiro atoms. The highest BCUT2D eigenvalue weighted by Crippen LogP contribution is 2.36. The number of fused-ring (bicyclic) bond motifs is 2. The van der Waals surface area contributed by atoms with Crippen LogP contribution in [0, 0.1) is 6.92 Å². The molecule has 1 aliphatic heterocycles. The van der Waals surface area contributed by atoms with E-state index in [4.69, 9.17) is 24.4 Å². The fraction of sp³-hybridized carbons (Fsp3) is 0.314. The molecule has 6 aromatic rings. The molecule has 0 radical (unpaired) electrons. The zero-order chi connectivity index (χ0) is 32.5. The van der Waals surface area contributed by atoms with E-state index in [-0.39, 0.29) is 24.5 Å². The molecule has 0 bridgehead atoms. The highest BCUT2D eigenvalue weighted by atomic mass is 16.5. The summed E-state index contributed by atoms with van der Waals surface area (Å²) in [5, 5.41) is 0.999. The molecule has 47 heavy (non-hydrogen) atoms. The quantitative estimate of drug-likeness (QED) is 0.236. The summed E-state index contributed by atoms with van der Waals surface area (Å²) < 4.78 is 13.1. The van der Waals surface area contributed by atoms with Gasteiger partial charge in [0.25, 0.3) is 0 Å². The molecule has 12 heteroatoms. The van der Waals surface area contributed by atoms with Crippen LogP contribution in [-0.2, 0) is 17.9 Å². The summed E-state index contributed by atoms with van der Waals surface area (Å²) >= 11 is 0. The number of carbonyl (C=O) groups excluding carboxylic acids is 1. The van der Waals surface area contributed by atoms with Gasteiger partial charge in [0.2, 0.25) is 11.8 Å². The lowest BCUT2D eigenvalue weighted by Gasteiger charge is -2.41. The van der Waals surface area contributed by atoms with Crippen LogP contribution in [0.4, 0.5) is 0 Å². The van der Waals surface area contributed by atoms with E-state index in [9.17, 15) is 4.79 Å². The summed E-state index contributed by atoms with van der Waals surface area (Å²) in [6.45, 7) is 3.31. The third kappa shape index (κ3) is 5.99. The highest BCUT2D eigenvalue weighted by molar-refractivity contribution is 5.85. The Bertz CT molecular complexity index is 2040. The molecule has 0 aliphatic carbocycles. The second-order valence-corrected chi connectivity index (χ2v) is 11.9. The van der Waals surface area contributed by atoms with Gasteiger partial charge in [0, 0.05) is 49.2 Å². The molecule has 0 saturated carbocycles. The van der Waals surface area contributed by atoms with Gasteiger partial charge in [0.1, 0.15) is 23.9 Å². The van der Waals surface area contributed by atoms with E-state index >= 15 is 0 Å². The number of ether oxygens (including phenoxy) is 2. The van der Waals surface area contributed by atoms with E-state index in [1.165, 1.54) is 0 Å². The maximum absolute atomic E-state index is 14.2. The van der Waals surface area contributed by atoms with E-state index in [1.807, 2.05) is 58.9 Å². The number of carbonyl (C=O) groups is 1. The molecule has 1 fully saturated rings. The highest BCUT2D eigenvalue weighted by Gasteiger charge is 2.36. The Balaban J connectivity index is 1.21. The zero-order valence-electron chi connectivity index (χ0n) is 26.9. The maximum Gasteiger partial charge on any atom is 0.243 e. The Morgan fingerprint density at radius 2 is 1.89 bits per heavy atom. The second-order valence-electron chi connectivity index (χ2n) is 11.9. The van der Waals surface area contributed by atoms with Gasteiger partial charge < -0.3 is 23.9 Å². The number of rotatable bonds is 9. The Morgan fingerprint density at radius 1 is 1.02 bits per heavy atom. The van der Waals surface area contributed by atoms with Gasteiger partial charge in [-0.1, -0.05) is 18.2 Å². The number of hydrogen-bond acceptors (Lipinski definition) is 9. The lowest BCUT2D eigenvalue weighted by Crippen LogP contribution is -2.48. The summed E-state index contributed by atoms with van der Waals surface area (Å²) in [4.78, 5) is 45.0. The smallest absolute Gasteiger partial charge is 0.243 e. The lowest BCUT2D eigenvalue weighted by atomic mass is 9.95. The third-order valence-corrected chi connectivity index (χ3v) is 9.07. The van der Waals surface area contributed by atoms with Gasteiger partial charge in [0.15, 0.2) is 0 Å². The Hall–Kier alpha value is -5.36. The molecule has 240 valence electrons. The summed E-state index contributed by atoms with van der Waals surface area (Å²) in [6.07, 6.45) is 8.50. The van der Waals surface area contributed by atoms with Gasteiger partial charge in [-0.3, -0.25) is 19.7 Å². The minimum Gasteiger partial charge on any atom is -0.497 e. The molecule has 1 amide bonds. The molecule has 12 nitrogen and oxygen atoms in total. The fourth-order valence-electron chi connectivity index (χ4n) is 6.57. The Morgan fingerprint density at radius 3 is 2.70 bits per heavy atom. The SMILES string of the molecule is COc1ccc2nc(C)n(CC(=O)N3CC[C@H](N(C)Cc4cnccn4)C[C@H]3c3ncc(-c4cc5ccccc5nc4OC)[nH]3)c2c1. The first-order valence-electron chi connectivity index (χ1n) is 15.7. The molecule has 4 aromatic heterocycles. The molecule has 5 heterocycles. The number of para-hydroxylation sites is 1. The fourth-order valence-corrected chi connectivity index (χ4v) is 6.57. The number of amides is 1. The normalized spacial score (nSPS) is 16.7. The molecular formula is C35H37N9O3. The van der Waals surface area contributed by atoms with E-state index in [1.54, 1.807) is 39.0 Å². The number of aromatic nitrogens is 7. The predicted molar refractivity (Wildman–Crippen MR) is 178 cm³/mol. The number of nitrogens with one attached hydrogen (secondary N) is 1. The van der Waals surface area contributed by atoms with E-state index in [0.29, 0.717) is 25.4 Å². The van der Waals surface area contributed by atoms with Crippen molar-refractivity contribution in [2.75, 3.05) is 27.8 Å². The summed E-state index contributed by atoms with van der Waals surface area (Å²) in [6, 6.07) is 15.6. The number of methoxy groups -OCH3 is 2. The predicted octanol–water partition coefficient (Wildman–Crippen LogP) is 4.95. The van der Waals surface area contributed by atoms with Crippen molar-refractivity contribution in [3.8, 4) is 22.9 Å². The van der Waals surface area contributed by atoms with Crippen molar-refractivity contribution in [2.24, 2.45) is 0 Å². The van der Waals surface area contributed by atoms with Crippen molar-refractivity contribution in [3.05, 3.63) is 90.7 Å². The average Bonchev–Trinajstić information content (AvgIpc) is 3.72. The van der Waals surface area contributed by atoms with Crippen molar-refractivity contribution in [2.45, 2.75) is 44.9 Å². The monoisotopic (exact) mass is 631 g/mol. The minimum atomic E-state index is -0.289. The summed E-state index contributed by atoms with van der Waals surface area (Å²) in [5.74, 6) is 2.72. The van der Waals surface area contributed by atoms with Gasteiger partial charge in [-0.05, 0) is 51.1 Å². The van der Waals surface area contributed by atoms with Gasteiger partial charge >= 0.3 is 0 Å². The molecule has 2 aromatic carbocycles. The number of piperidine rings is 1. The Labute approximate surface area is 272 Å². The Kier molecular flexibility index (Phi) is 8.25.